The first-order valence-electron chi connectivity index (χ1n) is 5.19. The predicted molar refractivity (Wildman–Crippen MR) is 72.8 cm³/mol. The Hall–Kier alpha value is -1.25. The highest BCUT2D eigenvalue weighted by Gasteiger charge is 2.07. The Balaban J connectivity index is 2.11. The third-order valence-electron chi connectivity index (χ3n) is 2.31. The summed E-state index contributed by atoms with van der Waals surface area (Å²) in [7, 11) is 0. The molecule has 0 aliphatic heterocycles. The number of carbonyl (C=O) groups excluding carboxylic acids is 1. The van der Waals surface area contributed by atoms with Crippen LogP contribution in [0.3, 0.4) is 0 Å². The molecule has 0 aromatic heterocycles. The van der Waals surface area contributed by atoms with Gasteiger partial charge < -0.3 is 0 Å². The molecule has 0 unspecified atom stereocenters. The molecule has 2 aromatic rings. The summed E-state index contributed by atoms with van der Waals surface area (Å²) >= 11 is 7.00. The fourth-order valence-corrected chi connectivity index (χ4v) is 2.22. The van der Waals surface area contributed by atoms with Gasteiger partial charge in [0.05, 0.1) is 0 Å². The predicted octanol–water partition coefficient (Wildman–Crippen LogP) is 4.58. The highest BCUT2D eigenvalue weighted by atomic mass is 35.5. The zero-order valence-electron chi connectivity index (χ0n) is 9.31. The van der Waals surface area contributed by atoms with E-state index >= 15 is 0 Å². The average molecular weight is 263 g/mol. The lowest BCUT2D eigenvalue weighted by Gasteiger charge is -2.01. The van der Waals surface area contributed by atoms with Crippen LogP contribution in [-0.4, -0.2) is 5.12 Å². The Bertz CT molecular complexity index is 517. The quantitative estimate of drug-likeness (QED) is 0.737. The monoisotopic (exact) mass is 262 g/mol. The molecule has 0 fully saturated rings. The first-order chi connectivity index (χ1) is 8.15. The zero-order chi connectivity index (χ0) is 12.3. The van der Waals surface area contributed by atoms with Crippen molar-refractivity contribution in [2.24, 2.45) is 0 Å². The minimum atomic E-state index is 0.0484. The van der Waals surface area contributed by atoms with Crippen molar-refractivity contribution in [2.45, 2.75) is 11.8 Å². The molecule has 0 aliphatic carbocycles. The number of aryl methyl sites for hydroxylation is 1. The van der Waals surface area contributed by atoms with Crippen molar-refractivity contribution in [3.8, 4) is 0 Å². The van der Waals surface area contributed by atoms with Crippen molar-refractivity contribution in [3.63, 3.8) is 0 Å². The highest BCUT2D eigenvalue weighted by molar-refractivity contribution is 8.14. The number of hydrogen-bond donors (Lipinski definition) is 0. The van der Waals surface area contributed by atoms with E-state index in [4.69, 9.17) is 11.6 Å². The average Bonchev–Trinajstić information content (AvgIpc) is 2.33. The van der Waals surface area contributed by atoms with Gasteiger partial charge in [-0.25, -0.2) is 0 Å². The minimum absolute atomic E-state index is 0.0484. The summed E-state index contributed by atoms with van der Waals surface area (Å²) in [6, 6.07) is 14.8. The molecule has 0 aliphatic rings. The summed E-state index contributed by atoms with van der Waals surface area (Å²) in [6.45, 7) is 2.00. The standard InChI is InChI=1S/C14H11ClOS/c1-10-2-4-11(5-3-10)14(16)17-13-8-6-12(15)7-9-13/h2-9H,1H3. The maximum absolute atomic E-state index is 11.9. The van der Waals surface area contributed by atoms with Crippen molar-refractivity contribution in [1.29, 1.82) is 0 Å². The molecule has 3 heteroatoms. The van der Waals surface area contributed by atoms with Gasteiger partial charge in [-0.15, -0.1) is 0 Å². The van der Waals surface area contributed by atoms with Crippen LogP contribution < -0.4 is 0 Å². The van der Waals surface area contributed by atoms with Crippen LogP contribution in [0.15, 0.2) is 53.4 Å². The van der Waals surface area contributed by atoms with Gasteiger partial charge in [0, 0.05) is 15.5 Å². The summed E-state index contributed by atoms with van der Waals surface area (Å²) < 4.78 is 0. The Morgan fingerprint density at radius 3 is 2.18 bits per heavy atom. The van der Waals surface area contributed by atoms with Crippen LogP contribution in [0.25, 0.3) is 0 Å². The fraction of sp³-hybridized carbons (Fsp3) is 0.0714. The van der Waals surface area contributed by atoms with Gasteiger partial charge in [-0.2, -0.15) is 0 Å². The lowest BCUT2D eigenvalue weighted by atomic mass is 10.2. The molecule has 0 N–H and O–H groups in total. The van der Waals surface area contributed by atoms with Crippen LogP contribution in [0.5, 0.6) is 0 Å². The van der Waals surface area contributed by atoms with Gasteiger partial charge in [0.2, 0.25) is 5.12 Å². The molecule has 86 valence electrons. The van der Waals surface area contributed by atoms with E-state index in [0.29, 0.717) is 5.02 Å². The van der Waals surface area contributed by atoms with Crippen molar-refractivity contribution in [3.05, 3.63) is 64.7 Å². The molecule has 1 nitrogen and oxygen atoms in total. The van der Waals surface area contributed by atoms with E-state index < -0.39 is 0 Å². The molecule has 0 saturated carbocycles. The third-order valence-corrected chi connectivity index (χ3v) is 3.49. The number of thioether (sulfide) groups is 1. The molecule has 0 bridgehead atoms. The maximum atomic E-state index is 11.9. The van der Waals surface area contributed by atoms with E-state index in [9.17, 15) is 4.79 Å². The van der Waals surface area contributed by atoms with Crippen molar-refractivity contribution in [2.75, 3.05) is 0 Å². The van der Waals surface area contributed by atoms with Gasteiger partial charge in [-0.3, -0.25) is 4.79 Å². The molecule has 0 saturated heterocycles. The Morgan fingerprint density at radius 2 is 1.59 bits per heavy atom. The molecule has 2 rings (SSSR count). The minimum Gasteiger partial charge on any atom is -0.281 e. The Kier molecular flexibility index (Phi) is 3.87. The number of halogens is 1. The summed E-state index contributed by atoms with van der Waals surface area (Å²) in [4.78, 5) is 12.8. The van der Waals surface area contributed by atoms with Crippen LogP contribution >= 0.6 is 23.4 Å². The molecule has 0 radical (unpaired) electrons. The molecular formula is C14H11ClOS. The van der Waals surface area contributed by atoms with Gasteiger partial charge >= 0.3 is 0 Å². The lowest BCUT2D eigenvalue weighted by Crippen LogP contribution is -1.92. The molecule has 0 spiro atoms. The van der Waals surface area contributed by atoms with Crippen molar-refractivity contribution in [1.82, 2.24) is 0 Å². The van der Waals surface area contributed by atoms with Gasteiger partial charge in [-0.05, 0) is 43.0 Å². The van der Waals surface area contributed by atoms with E-state index in [1.807, 2.05) is 43.3 Å². The summed E-state index contributed by atoms with van der Waals surface area (Å²) in [5, 5.41) is 0.726. The first kappa shape index (κ1) is 12.2. The normalized spacial score (nSPS) is 10.2. The summed E-state index contributed by atoms with van der Waals surface area (Å²) in [6.07, 6.45) is 0. The van der Waals surface area contributed by atoms with E-state index in [2.05, 4.69) is 0 Å². The van der Waals surface area contributed by atoms with Crippen LogP contribution in [0.1, 0.15) is 15.9 Å². The van der Waals surface area contributed by atoms with Crippen molar-refractivity contribution >= 4 is 28.5 Å². The number of benzene rings is 2. The van der Waals surface area contributed by atoms with Crippen LogP contribution in [0.4, 0.5) is 0 Å². The van der Waals surface area contributed by atoms with E-state index in [1.54, 1.807) is 12.1 Å². The zero-order valence-corrected chi connectivity index (χ0v) is 10.9. The second-order valence-corrected chi connectivity index (χ2v) is 5.19. The number of carbonyl (C=O) groups is 1. The van der Waals surface area contributed by atoms with Gasteiger partial charge in [0.15, 0.2) is 0 Å². The molecule has 0 atom stereocenters. The maximum Gasteiger partial charge on any atom is 0.224 e. The fourth-order valence-electron chi connectivity index (χ4n) is 1.36. The van der Waals surface area contributed by atoms with Gasteiger partial charge in [0.25, 0.3) is 0 Å². The second-order valence-electron chi connectivity index (χ2n) is 3.71. The third kappa shape index (κ3) is 3.35. The molecular weight excluding hydrogens is 252 g/mol. The van der Waals surface area contributed by atoms with Gasteiger partial charge in [-0.1, -0.05) is 41.4 Å². The highest BCUT2D eigenvalue weighted by Crippen LogP contribution is 2.24. The van der Waals surface area contributed by atoms with E-state index in [-0.39, 0.29) is 5.12 Å². The van der Waals surface area contributed by atoms with E-state index in [0.717, 1.165) is 16.0 Å². The largest absolute Gasteiger partial charge is 0.281 e. The first-order valence-corrected chi connectivity index (χ1v) is 6.39. The van der Waals surface area contributed by atoms with Crippen molar-refractivity contribution < 1.29 is 4.79 Å². The Morgan fingerprint density at radius 1 is 1.00 bits per heavy atom. The smallest absolute Gasteiger partial charge is 0.224 e. The molecule has 17 heavy (non-hydrogen) atoms. The molecule has 0 amide bonds. The van der Waals surface area contributed by atoms with Crippen LogP contribution in [-0.2, 0) is 0 Å². The Labute approximate surface area is 110 Å². The SMILES string of the molecule is Cc1ccc(C(=O)Sc2ccc(Cl)cc2)cc1. The summed E-state index contributed by atoms with van der Waals surface area (Å²) in [5.74, 6) is 0. The topological polar surface area (TPSA) is 17.1 Å². The summed E-state index contributed by atoms with van der Waals surface area (Å²) in [5.41, 5.74) is 1.87. The van der Waals surface area contributed by atoms with Crippen LogP contribution in [0.2, 0.25) is 5.02 Å². The van der Waals surface area contributed by atoms with Gasteiger partial charge in [0.1, 0.15) is 0 Å². The van der Waals surface area contributed by atoms with E-state index in [1.165, 1.54) is 11.8 Å². The van der Waals surface area contributed by atoms with Crippen LogP contribution in [0, 0.1) is 6.92 Å². The molecule has 0 heterocycles. The second kappa shape index (κ2) is 5.39. The number of hydrogen-bond acceptors (Lipinski definition) is 2. The lowest BCUT2D eigenvalue weighted by molar-refractivity contribution is 0.108. The molecule has 2 aromatic carbocycles. The number of rotatable bonds is 2.